The first-order valence-corrected chi connectivity index (χ1v) is 6.72. The smallest absolute Gasteiger partial charge is 0.152 e. The van der Waals surface area contributed by atoms with E-state index in [1.165, 1.54) is 24.0 Å². The lowest BCUT2D eigenvalue weighted by Gasteiger charge is -2.15. The first-order chi connectivity index (χ1) is 8.29. The van der Waals surface area contributed by atoms with Gasteiger partial charge in [0.2, 0.25) is 0 Å². The zero-order valence-corrected chi connectivity index (χ0v) is 11.3. The van der Waals surface area contributed by atoms with Gasteiger partial charge in [-0.3, -0.25) is 0 Å². The van der Waals surface area contributed by atoms with E-state index in [0.717, 1.165) is 22.8 Å². The molecular weight excluding hydrogens is 280 g/mol. The fraction of sp³-hybridized carbons (Fsp3) is 0.462. The van der Waals surface area contributed by atoms with Crippen molar-refractivity contribution in [2.24, 2.45) is 5.92 Å². The summed E-state index contributed by atoms with van der Waals surface area (Å²) >= 11 is 3.38. The van der Waals surface area contributed by atoms with Crippen LogP contribution in [0.15, 0.2) is 22.9 Å². The molecule has 1 aromatic rings. The molecule has 0 saturated carbocycles. The van der Waals surface area contributed by atoms with Crippen molar-refractivity contribution in [3.63, 3.8) is 0 Å². The molecule has 1 saturated heterocycles. The predicted molar refractivity (Wildman–Crippen MR) is 71.0 cm³/mol. The molecule has 4 heteroatoms. The maximum Gasteiger partial charge on any atom is 0.152 e. The number of pyridine rings is 1. The summed E-state index contributed by atoms with van der Waals surface area (Å²) in [7, 11) is 1.67. The van der Waals surface area contributed by atoms with Gasteiger partial charge in [0, 0.05) is 17.8 Å². The van der Waals surface area contributed by atoms with Gasteiger partial charge in [0.05, 0.1) is 7.11 Å². The van der Waals surface area contributed by atoms with Crippen LogP contribution in [0.3, 0.4) is 0 Å². The predicted octanol–water partition coefficient (Wildman–Crippen LogP) is 2.62. The van der Waals surface area contributed by atoms with Crippen LogP contribution >= 0.6 is 15.9 Å². The molecule has 1 N–H and O–H groups in total. The standard InChI is InChI=1S/C13H15BrN2O/c1-17-11-6-9(7-16-13(11)14)10-3-2-8-4-5-15-12(8)10/h3,6-8,12,15H,2,4-5H2,1H3/t8-,12+/m0/s1. The second-order valence-electron chi connectivity index (χ2n) is 4.59. The Hall–Kier alpha value is -0.870. The summed E-state index contributed by atoms with van der Waals surface area (Å²) in [6.07, 6.45) is 6.73. The minimum Gasteiger partial charge on any atom is -0.494 e. The lowest BCUT2D eigenvalue weighted by Crippen LogP contribution is -2.24. The second kappa shape index (κ2) is 4.42. The summed E-state index contributed by atoms with van der Waals surface area (Å²) < 4.78 is 6.06. The van der Waals surface area contributed by atoms with E-state index in [0.29, 0.717) is 6.04 Å². The molecule has 0 aromatic carbocycles. The summed E-state index contributed by atoms with van der Waals surface area (Å²) in [5.74, 6) is 1.57. The van der Waals surface area contributed by atoms with Crippen molar-refractivity contribution in [1.29, 1.82) is 0 Å². The summed E-state index contributed by atoms with van der Waals surface area (Å²) in [4.78, 5) is 4.33. The van der Waals surface area contributed by atoms with Crippen molar-refractivity contribution >= 4 is 21.5 Å². The molecule has 17 heavy (non-hydrogen) atoms. The van der Waals surface area contributed by atoms with Crippen LogP contribution in [-0.2, 0) is 0 Å². The van der Waals surface area contributed by atoms with Gasteiger partial charge in [-0.2, -0.15) is 0 Å². The van der Waals surface area contributed by atoms with Crippen LogP contribution < -0.4 is 10.1 Å². The van der Waals surface area contributed by atoms with E-state index in [-0.39, 0.29) is 0 Å². The number of fused-ring (bicyclic) bond motifs is 1. The van der Waals surface area contributed by atoms with Gasteiger partial charge >= 0.3 is 0 Å². The molecule has 0 radical (unpaired) electrons. The topological polar surface area (TPSA) is 34.1 Å². The van der Waals surface area contributed by atoms with Crippen LogP contribution in [0.5, 0.6) is 5.75 Å². The Labute approximate surface area is 109 Å². The molecule has 2 aliphatic rings. The van der Waals surface area contributed by atoms with Crippen molar-refractivity contribution in [3.05, 3.63) is 28.5 Å². The monoisotopic (exact) mass is 294 g/mol. The number of methoxy groups -OCH3 is 1. The Morgan fingerprint density at radius 3 is 3.24 bits per heavy atom. The minimum absolute atomic E-state index is 0.516. The molecule has 3 nitrogen and oxygen atoms in total. The number of ether oxygens (including phenoxy) is 1. The Morgan fingerprint density at radius 2 is 2.41 bits per heavy atom. The number of hydrogen-bond donors (Lipinski definition) is 1. The molecule has 90 valence electrons. The molecule has 1 fully saturated rings. The molecule has 2 atom stereocenters. The lowest BCUT2D eigenvalue weighted by atomic mass is 9.97. The Bertz CT molecular complexity index is 472. The van der Waals surface area contributed by atoms with E-state index in [9.17, 15) is 0 Å². The highest BCUT2D eigenvalue weighted by Crippen LogP contribution is 2.38. The van der Waals surface area contributed by atoms with Gasteiger partial charge in [-0.05, 0) is 52.9 Å². The maximum atomic E-state index is 5.30. The summed E-state index contributed by atoms with van der Waals surface area (Å²) in [6, 6.07) is 2.58. The van der Waals surface area contributed by atoms with Gasteiger partial charge in [0.1, 0.15) is 4.60 Å². The number of hydrogen-bond acceptors (Lipinski definition) is 3. The average Bonchev–Trinajstić information content (AvgIpc) is 2.92. The number of aromatic nitrogens is 1. The second-order valence-corrected chi connectivity index (χ2v) is 5.34. The van der Waals surface area contributed by atoms with E-state index in [1.54, 1.807) is 7.11 Å². The van der Waals surface area contributed by atoms with E-state index >= 15 is 0 Å². The van der Waals surface area contributed by atoms with E-state index in [4.69, 9.17) is 4.74 Å². The molecule has 0 amide bonds. The summed E-state index contributed by atoms with van der Waals surface area (Å²) in [6.45, 7) is 1.13. The fourth-order valence-corrected chi connectivity index (χ4v) is 3.19. The van der Waals surface area contributed by atoms with Crippen LogP contribution in [0.25, 0.3) is 5.57 Å². The average molecular weight is 295 g/mol. The van der Waals surface area contributed by atoms with Gasteiger partial charge < -0.3 is 10.1 Å². The number of halogens is 1. The summed E-state index contributed by atoms with van der Waals surface area (Å²) in [5.41, 5.74) is 2.55. The first-order valence-electron chi connectivity index (χ1n) is 5.93. The minimum atomic E-state index is 0.516. The molecule has 1 aromatic heterocycles. The third kappa shape index (κ3) is 1.89. The van der Waals surface area contributed by atoms with E-state index < -0.39 is 0 Å². The van der Waals surface area contributed by atoms with Crippen molar-refractivity contribution < 1.29 is 4.74 Å². The quantitative estimate of drug-likeness (QED) is 0.852. The largest absolute Gasteiger partial charge is 0.494 e. The Balaban J connectivity index is 1.94. The molecule has 3 rings (SSSR count). The lowest BCUT2D eigenvalue weighted by molar-refractivity contribution is 0.409. The molecule has 0 unspecified atom stereocenters. The van der Waals surface area contributed by atoms with Crippen molar-refractivity contribution in [3.8, 4) is 5.75 Å². The van der Waals surface area contributed by atoms with Crippen LogP contribution in [0.4, 0.5) is 0 Å². The van der Waals surface area contributed by atoms with Crippen molar-refractivity contribution in [2.75, 3.05) is 13.7 Å². The highest BCUT2D eigenvalue weighted by molar-refractivity contribution is 9.10. The highest BCUT2D eigenvalue weighted by Gasteiger charge is 2.34. The molecule has 0 bridgehead atoms. The maximum absolute atomic E-state index is 5.30. The first kappa shape index (κ1) is 11.2. The summed E-state index contributed by atoms with van der Waals surface area (Å²) in [5, 5.41) is 3.57. The zero-order valence-electron chi connectivity index (χ0n) is 9.74. The van der Waals surface area contributed by atoms with Gasteiger partial charge in [0.25, 0.3) is 0 Å². The van der Waals surface area contributed by atoms with Gasteiger partial charge in [-0.25, -0.2) is 4.98 Å². The SMILES string of the molecule is COc1cc(C2=CC[C@H]3CCN[C@@H]23)cnc1Br. The molecular formula is C13H15BrN2O. The Kier molecular flexibility index (Phi) is 2.92. The zero-order chi connectivity index (χ0) is 11.8. The number of nitrogens with one attached hydrogen (secondary N) is 1. The molecule has 2 heterocycles. The normalized spacial score (nSPS) is 26.8. The molecule has 0 spiro atoms. The number of allylic oxidation sites excluding steroid dienone is 1. The Morgan fingerprint density at radius 1 is 1.53 bits per heavy atom. The third-order valence-corrected chi connectivity index (χ3v) is 4.28. The van der Waals surface area contributed by atoms with Gasteiger partial charge in [0.15, 0.2) is 5.75 Å². The highest BCUT2D eigenvalue weighted by atomic mass is 79.9. The fourth-order valence-electron chi connectivity index (χ4n) is 2.81. The molecule has 1 aliphatic heterocycles. The molecule has 1 aliphatic carbocycles. The van der Waals surface area contributed by atoms with Crippen LogP contribution in [0, 0.1) is 5.92 Å². The van der Waals surface area contributed by atoms with Gasteiger partial charge in [-0.15, -0.1) is 0 Å². The van der Waals surface area contributed by atoms with Crippen LogP contribution in [0.2, 0.25) is 0 Å². The number of rotatable bonds is 2. The van der Waals surface area contributed by atoms with E-state index in [1.807, 2.05) is 6.20 Å². The van der Waals surface area contributed by atoms with Crippen LogP contribution in [-0.4, -0.2) is 24.7 Å². The number of nitrogens with zero attached hydrogens (tertiary/aromatic N) is 1. The van der Waals surface area contributed by atoms with Crippen molar-refractivity contribution in [1.82, 2.24) is 10.3 Å². The van der Waals surface area contributed by atoms with Gasteiger partial charge in [-0.1, -0.05) is 6.08 Å². The third-order valence-electron chi connectivity index (χ3n) is 3.69. The van der Waals surface area contributed by atoms with Crippen LogP contribution in [0.1, 0.15) is 18.4 Å². The van der Waals surface area contributed by atoms with Crippen molar-refractivity contribution in [2.45, 2.75) is 18.9 Å². The van der Waals surface area contributed by atoms with E-state index in [2.05, 4.69) is 38.4 Å².